The van der Waals surface area contributed by atoms with Gasteiger partial charge in [-0.1, -0.05) is 11.6 Å². The molecule has 2 aromatic carbocycles. The van der Waals surface area contributed by atoms with E-state index >= 15 is 0 Å². The molecule has 1 aliphatic rings. The summed E-state index contributed by atoms with van der Waals surface area (Å²) >= 11 is 6.28. The minimum Gasteiger partial charge on any atom is -0.497 e. The molecule has 1 atom stereocenters. The highest BCUT2D eigenvalue weighted by Gasteiger charge is 2.36. The third-order valence-corrected chi connectivity index (χ3v) is 6.77. The van der Waals surface area contributed by atoms with Gasteiger partial charge in [0.2, 0.25) is 10.0 Å². The molecule has 3 rings (SSSR count). The number of methoxy groups -OCH3 is 1. The number of benzene rings is 2. The van der Waals surface area contributed by atoms with Crippen molar-refractivity contribution in [3.63, 3.8) is 0 Å². The number of sulfonamides is 1. The van der Waals surface area contributed by atoms with Gasteiger partial charge in [-0.05, 0) is 75.2 Å². The van der Waals surface area contributed by atoms with E-state index in [1.165, 1.54) is 25.2 Å². The molecule has 0 bridgehead atoms. The van der Waals surface area contributed by atoms with Crippen LogP contribution in [-0.4, -0.2) is 34.5 Å². The molecule has 150 valence electrons. The van der Waals surface area contributed by atoms with Crippen LogP contribution in [0.2, 0.25) is 5.02 Å². The first kappa shape index (κ1) is 20.6. The molecule has 0 radical (unpaired) electrons. The van der Waals surface area contributed by atoms with Crippen molar-refractivity contribution in [3.05, 3.63) is 53.1 Å². The molecule has 1 N–H and O–H groups in total. The highest BCUT2D eigenvalue weighted by Crippen LogP contribution is 2.38. The van der Waals surface area contributed by atoms with Gasteiger partial charge in [-0.25, -0.2) is 13.1 Å². The van der Waals surface area contributed by atoms with Gasteiger partial charge < -0.3 is 9.64 Å². The van der Waals surface area contributed by atoms with Crippen molar-refractivity contribution in [2.45, 2.75) is 30.7 Å². The molecule has 0 saturated heterocycles. The van der Waals surface area contributed by atoms with Crippen LogP contribution in [0.4, 0.5) is 5.69 Å². The Morgan fingerprint density at radius 1 is 1.21 bits per heavy atom. The SMILES string of the molecule is CNS(=O)(=O)c1ccc(Cl)c(C(=O)N(c2ccc(OC)cc2)C(C)C2CC2)c1. The number of hydrogen-bond acceptors (Lipinski definition) is 4. The summed E-state index contributed by atoms with van der Waals surface area (Å²) in [5.74, 6) is 0.770. The third-order valence-electron chi connectivity index (χ3n) is 5.03. The molecule has 6 nitrogen and oxygen atoms in total. The zero-order valence-electron chi connectivity index (χ0n) is 16.0. The summed E-state index contributed by atoms with van der Waals surface area (Å²) in [6.45, 7) is 2.00. The van der Waals surface area contributed by atoms with E-state index in [0.29, 0.717) is 17.4 Å². The fourth-order valence-corrected chi connectivity index (χ4v) is 4.11. The smallest absolute Gasteiger partial charge is 0.260 e. The summed E-state index contributed by atoms with van der Waals surface area (Å²) < 4.78 is 31.8. The predicted octanol–water partition coefficient (Wildman–Crippen LogP) is 3.70. The van der Waals surface area contributed by atoms with E-state index in [1.807, 2.05) is 19.1 Å². The zero-order valence-corrected chi connectivity index (χ0v) is 17.5. The number of hydrogen-bond donors (Lipinski definition) is 1. The monoisotopic (exact) mass is 422 g/mol. The van der Waals surface area contributed by atoms with Gasteiger partial charge in [-0.2, -0.15) is 0 Å². The molecule has 1 aliphatic carbocycles. The second kappa shape index (κ2) is 8.11. The molecule has 1 unspecified atom stereocenters. The Morgan fingerprint density at radius 3 is 2.39 bits per heavy atom. The second-order valence-electron chi connectivity index (χ2n) is 6.80. The van der Waals surface area contributed by atoms with Crippen LogP contribution in [0.15, 0.2) is 47.4 Å². The largest absolute Gasteiger partial charge is 0.497 e. The Labute approximate surface area is 170 Å². The molecule has 1 fully saturated rings. The standard InChI is InChI=1S/C20H23ClN2O4S/c1-13(14-4-5-14)23(15-6-8-16(27-3)9-7-15)20(24)18-12-17(10-11-19(18)21)28(25,26)22-2/h6-14,22H,4-5H2,1-3H3. The maximum absolute atomic E-state index is 13.5. The Morgan fingerprint density at radius 2 is 1.86 bits per heavy atom. The number of nitrogens with one attached hydrogen (secondary N) is 1. The Kier molecular flexibility index (Phi) is 5.98. The van der Waals surface area contributed by atoms with Gasteiger partial charge in [-0.3, -0.25) is 4.79 Å². The van der Waals surface area contributed by atoms with E-state index in [2.05, 4.69) is 4.72 Å². The van der Waals surface area contributed by atoms with Gasteiger partial charge in [0.25, 0.3) is 5.91 Å². The molecule has 8 heteroatoms. The number of carbonyl (C=O) groups is 1. The van der Waals surface area contributed by atoms with Crippen LogP contribution in [0.3, 0.4) is 0 Å². The fraction of sp³-hybridized carbons (Fsp3) is 0.350. The maximum atomic E-state index is 13.5. The summed E-state index contributed by atoms with van der Waals surface area (Å²) in [5.41, 5.74) is 0.865. The molecular weight excluding hydrogens is 400 g/mol. The topological polar surface area (TPSA) is 75.7 Å². The van der Waals surface area contributed by atoms with Crippen LogP contribution in [0.25, 0.3) is 0 Å². The van der Waals surface area contributed by atoms with E-state index in [-0.39, 0.29) is 27.4 Å². The maximum Gasteiger partial charge on any atom is 0.260 e. The van der Waals surface area contributed by atoms with Crippen LogP contribution in [0.1, 0.15) is 30.1 Å². The lowest BCUT2D eigenvalue weighted by atomic mass is 10.1. The van der Waals surface area contributed by atoms with Gasteiger partial charge in [0.1, 0.15) is 5.75 Å². The van der Waals surface area contributed by atoms with Gasteiger partial charge >= 0.3 is 0 Å². The molecule has 0 aliphatic heterocycles. The fourth-order valence-electron chi connectivity index (χ4n) is 3.15. The average molecular weight is 423 g/mol. The van der Waals surface area contributed by atoms with Crippen LogP contribution < -0.4 is 14.4 Å². The minimum atomic E-state index is -3.69. The van der Waals surface area contributed by atoms with E-state index < -0.39 is 10.0 Å². The average Bonchev–Trinajstić information content (AvgIpc) is 3.54. The van der Waals surface area contributed by atoms with Crippen molar-refractivity contribution < 1.29 is 17.9 Å². The highest BCUT2D eigenvalue weighted by atomic mass is 35.5. The lowest BCUT2D eigenvalue weighted by molar-refractivity contribution is 0.0975. The Balaban J connectivity index is 2.05. The zero-order chi connectivity index (χ0) is 20.5. The number of nitrogens with zero attached hydrogens (tertiary/aromatic N) is 1. The Hall–Kier alpha value is -2.09. The summed E-state index contributed by atoms with van der Waals surface area (Å²) in [6.07, 6.45) is 2.12. The van der Waals surface area contributed by atoms with Gasteiger partial charge in [-0.15, -0.1) is 0 Å². The van der Waals surface area contributed by atoms with Crippen molar-refractivity contribution >= 4 is 33.2 Å². The first-order valence-electron chi connectivity index (χ1n) is 8.99. The van der Waals surface area contributed by atoms with Gasteiger partial charge in [0, 0.05) is 11.7 Å². The summed E-state index contributed by atoms with van der Waals surface area (Å²) in [4.78, 5) is 15.1. The van der Waals surface area contributed by atoms with E-state index in [0.717, 1.165) is 12.8 Å². The minimum absolute atomic E-state index is 0.00324. The second-order valence-corrected chi connectivity index (χ2v) is 9.09. The highest BCUT2D eigenvalue weighted by molar-refractivity contribution is 7.89. The van der Waals surface area contributed by atoms with Crippen molar-refractivity contribution in [2.75, 3.05) is 19.1 Å². The third kappa shape index (κ3) is 4.16. The number of amides is 1. The number of rotatable bonds is 7. The van der Waals surface area contributed by atoms with Crippen molar-refractivity contribution in [2.24, 2.45) is 5.92 Å². The van der Waals surface area contributed by atoms with Crippen LogP contribution in [-0.2, 0) is 10.0 Å². The predicted molar refractivity (Wildman–Crippen MR) is 110 cm³/mol. The number of carbonyl (C=O) groups excluding carboxylic acids is 1. The molecular formula is C20H23ClN2O4S. The molecule has 0 aromatic heterocycles. The summed E-state index contributed by atoms with van der Waals surface area (Å²) in [5, 5.41) is 0.210. The summed E-state index contributed by atoms with van der Waals surface area (Å²) in [6, 6.07) is 11.3. The molecule has 28 heavy (non-hydrogen) atoms. The van der Waals surface area contributed by atoms with Crippen LogP contribution in [0.5, 0.6) is 5.75 Å². The first-order chi connectivity index (χ1) is 13.3. The first-order valence-corrected chi connectivity index (χ1v) is 10.9. The molecule has 1 amide bonds. The van der Waals surface area contributed by atoms with Crippen molar-refractivity contribution in [3.8, 4) is 5.75 Å². The normalized spacial score (nSPS) is 15.1. The molecule has 2 aromatic rings. The Bertz CT molecular complexity index is 972. The van der Waals surface area contributed by atoms with E-state index in [9.17, 15) is 13.2 Å². The number of halogens is 1. The van der Waals surface area contributed by atoms with Gasteiger partial charge in [0.05, 0.1) is 22.6 Å². The lowest BCUT2D eigenvalue weighted by Gasteiger charge is -2.30. The van der Waals surface area contributed by atoms with E-state index in [1.54, 1.807) is 24.1 Å². The quantitative estimate of drug-likeness (QED) is 0.738. The van der Waals surface area contributed by atoms with Crippen LogP contribution in [0, 0.1) is 5.92 Å². The molecule has 0 spiro atoms. The molecule has 1 saturated carbocycles. The lowest BCUT2D eigenvalue weighted by Crippen LogP contribution is -2.40. The van der Waals surface area contributed by atoms with Crippen molar-refractivity contribution in [1.82, 2.24) is 4.72 Å². The summed E-state index contributed by atoms with van der Waals surface area (Å²) in [7, 11) is -0.785. The molecule has 0 heterocycles. The van der Waals surface area contributed by atoms with Crippen molar-refractivity contribution in [1.29, 1.82) is 0 Å². The van der Waals surface area contributed by atoms with Crippen LogP contribution >= 0.6 is 11.6 Å². The number of ether oxygens (including phenoxy) is 1. The van der Waals surface area contributed by atoms with Gasteiger partial charge in [0.15, 0.2) is 0 Å². The van der Waals surface area contributed by atoms with E-state index in [4.69, 9.17) is 16.3 Å². The number of anilines is 1.